The Morgan fingerprint density at radius 2 is 1.78 bits per heavy atom. The molecule has 0 heterocycles. The Morgan fingerprint density at radius 3 is 2.46 bits per heavy atom. The number of carbonyl (C=O) groups excluding carboxylic acids is 4. The van der Waals surface area contributed by atoms with Gasteiger partial charge < -0.3 is 25.1 Å². The van der Waals surface area contributed by atoms with Gasteiger partial charge in [0.25, 0.3) is 0 Å². The van der Waals surface area contributed by atoms with Crippen molar-refractivity contribution in [2.45, 2.75) is 82.9 Å². The molecule has 1 aliphatic carbocycles. The van der Waals surface area contributed by atoms with Crippen molar-refractivity contribution in [2.24, 2.45) is 5.92 Å². The fourth-order valence-electron chi connectivity index (χ4n) is 5.27. The van der Waals surface area contributed by atoms with Gasteiger partial charge in [-0.15, -0.1) is 0 Å². The number of nitrogens with one attached hydrogen (secondary N) is 2. The predicted octanol–water partition coefficient (Wildman–Crippen LogP) is 5.63. The molecule has 3 atom stereocenters. The molecule has 1 fully saturated rings. The summed E-state index contributed by atoms with van der Waals surface area (Å²) in [5.74, 6) is -0.0950. The fraction of sp³-hybridized carbons (Fsp3) is 0.500. The molecule has 0 saturated heterocycles. The maximum absolute atomic E-state index is 13.3. The van der Waals surface area contributed by atoms with Crippen LogP contribution in [0.15, 0.2) is 54.6 Å². The van der Waals surface area contributed by atoms with E-state index >= 15 is 0 Å². The zero-order valence-electron chi connectivity index (χ0n) is 24.0. The molecule has 222 valence electrons. The van der Waals surface area contributed by atoms with Gasteiger partial charge in [-0.2, -0.15) is 0 Å². The van der Waals surface area contributed by atoms with Gasteiger partial charge in [-0.1, -0.05) is 93.1 Å². The summed E-state index contributed by atoms with van der Waals surface area (Å²) in [6.07, 6.45) is 6.01. The predicted molar refractivity (Wildman–Crippen MR) is 159 cm³/mol. The van der Waals surface area contributed by atoms with E-state index in [1.54, 1.807) is 36.2 Å². The third-order valence-electron chi connectivity index (χ3n) is 7.66. The van der Waals surface area contributed by atoms with Gasteiger partial charge in [-0.3, -0.25) is 9.59 Å². The lowest BCUT2D eigenvalue weighted by molar-refractivity contribution is -0.131. The van der Waals surface area contributed by atoms with Gasteiger partial charge in [0.2, 0.25) is 11.8 Å². The van der Waals surface area contributed by atoms with E-state index in [4.69, 9.17) is 16.3 Å². The zero-order valence-corrected chi connectivity index (χ0v) is 24.8. The van der Waals surface area contributed by atoms with Crippen molar-refractivity contribution in [2.75, 3.05) is 13.6 Å². The lowest BCUT2D eigenvalue weighted by atomic mass is 9.84. The third kappa shape index (κ3) is 11.2. The minimum atomic E-state index is -0.850. The van der Waals surface area contributed by atoms with Crippen molar-refractivity contribution in [1.29, 1.82) is 0 Å². The lowest BCUT2D eigenvalue weighted by Gasteiger charge is -2.27. The van der Waals surface area contributed by atoms with Crippen LogP contribution in [-0.4, -0.2) is 54.8 Å². The normalized spacial score (nSPS) is 15.7. The average molecular weight is 584 g/mol. The summed E-state index contributed by atoms with van der Waals surface area (Å²) in [5, 5.41) is 5.98. The van der Waals surface area contributed by atoms with Crippen LogP contribution in [0.1, 0.15) is 75.3 Å². The Hall–Kier alpha value is -3.39. The second-order valence-electron chi connectivity index (χ2n) is 11.0. The Labute approximate surface area is 248 Å². The number of nitrogens with zero attached hydrogens (tertiary/aromatic N) is 1. The molecule has 41 heavy (non-hydrogen) atoms. The second-order valence-corrected chi connectivity index (χ2v) is 11.5. The van der Waals surface area contributed by atoms with E-state index in [0.717, 1.165) is 36.8 Å². The summed E-state index contributed by atoms with van der Waals surface area (Å²) in [6, 6.07) is 15.3. The Bertz CT molecular complexity index is 1140. The highest BCUT2D eigenvalue weighted by Crippen LogP contribution is 2.27. The van der Waals surface area contributed by atoms with Gasteiger partial charge in [0.05, 0.1) is 6.04 Å². The number of rotatable bonds is 14. The van der Waals surface area contributed by atoms with Crippen LogP contribution in [-0.2, 0) is 25.7 Å². The van der Waals surface area contributed by atoms with Gasteiger partial charge in [-0.05, 0) is 47.9 Å². The van der Waals surface area contributed by atoms with Gasteiger partial charge in [0.15, 0.2) is 0 Å². The van der Waals surface area contributed by atoms with E-state index in [9.17, 15) is 19.2 Å². The van der Waals surface area contributed by atoms with Crippen LogP contribution in [0.4, 0.5) is 4.79 Å². The first-order valence-corrected chi connectivity index (χ1v) is 14.8. The smallest absolute Gasteiger partial charge is 0.408 e. The molecule has 3 rings (SSSR count). The topological polar surface area (TPSA) is 105 Å². The second kappa shape index (κ2) is 16.8. The number of hydrogen-bond donors (Lipinski definition) is 2. The molecule has 0 aromatic heterocycles. The third-order valence-corrected chi connectivity index (χ3v) is 7.90. The van der Waals surface area contributed by atoms with Crippen molar-refractivity contribution < 1.29 is 23.9 Å². The highest BCUT2D eigenvalue weighted by atomic mass is 35.5. The van der Waals surface area contributed by atoms with Crippen LogP contribution >= 0.6 is 11.6 Å². The molecule has 0 bridgehead atoms. The number of halogens is 1. The van der Waals surface area contributed by atoms with Gasteiger partial charge in [0.1, 0.15) is 18.9 Å². The number of aldehydes is 1. The molecular formula is C32H42ClN3O5. The average Bonchev–Trinajstić information content (AvgIpc) is 2.98. The van der Waals surface area contributed by atoms with Gasteiger partial charge in [-0.25, -0.2) is 4.79 Å². The Balaban J connectivity index is 1.53. The summed E-state index contributed by atoms with van der Waals surface area (Å²) in [4.78, 5) is 52.2. The highest BCUT2D eigenvalue weighted by Gasteiger charge is 2.28. The van der Waals surface area contributed by atoms with Crippen molar-refractivity contribution >= 4 is 35.8 Å². The van der Waals surface area contributed by atoms with Gasteiger partial charge in [0, 0.05) is 25.0 Å². The molecule has 2 N–H and O–H groups in total. The Morgan fingerprint density at radius 1 is 1.05 bits per heavy atom. The molecule has 2 aromatic carbocycles. The van der Waals surface area contributed by atoms with Crippen LogP contribution in [0.25, 0.3) is 0 Å². The van der Waals surface area contributed by atoms with E-state index in [-0.39, 0.29) is 31.3 Å². The summed E-state index contributed by atoms with van der Waals surface area (Å²) in [7, 11) is 1.75. The first-order chi connectivity index (χ1) is 19.7. The van der Waals surface area contributed by atoms with Crippen LogP contribution in [0.3, 0.4) is 0 Å². The van der Waals surface area contributed by atoms with Crippen molar-refractivity contribution in [1.82, 2.24) is 15.5 Å². The quantitative estimate of drug-likeness (QED) is 0.280. The van der Waals surface area contributed by atoms with Crippen LogP contribution < -0.4 is 10.6 Å². The number of benzene rings is 2. The van der Waals surface area contributed by atoms with Crippen LogP contribution in [0, 0.1) is 5.92 Å². The maximum atomic E-state index is 13.3. The molecule has 3 unspecified atom stereocenters. The molecule has 1 aliphatic rings. The minimum absolute atomic E-state index is 0.0135. The van der Waals surface area contributed by atoms with Crippen molar-refractivity contribution in [3.63, 3.8) is 0 Å². The summed E-state index contributed by atoms with van der Waals surface area (Å²) < 4.78 is 5.34. The number of amides is 3. The molecule has 3 amide bonds. The van der Waals surface area contributed by atoms with E-state index in [2.05, 4.69) is 17.6 Å². The largest absolute Gasteiger partial charge is 0.445 e. The van der Waals surface area contributed by atoms with E-state index in [0.29, 0.717) is 30.2 Å². The molecule has 2 aromatic rings. The monoisotopic (exact) mass is 583 g/mol. The molecule has 8 nitrogen and oxygen atoms in total. The standard InChI is InChI=1S/C32H42ClN3O5/c1-23(26-13-7-4-8-14-26)20-36(2)30(38)17-16-28(21-37)34-31(39)29(19-24-10-5-3-6-11-24)35-32(40)41-22-25-12-9-15-27(33)18-25/h4,7-9,12-15,18,21,23-24,28-29H,3,5-6,10-11,16-17,19-20,22H2,1-2H3,(H,34,39)(H,35,40). The van der Waals surface area contributed by atoms with Crippen LogP contribution in [0.2, 0.25) is 5.02 Å². The Kier molecular flexibility index (Phi) is 13.1. The molecule has 9 heteroatoms. The maximum Gasteiger partial charge on any atom is 0.408 e. The first kappa shape index (κ1) is 32.1. The van der Waals surface area contributed by atoms with E-state index < -0.39 is 24.1 Å². The number of carbonyl (C=O) groups is 4. The molecule has 0 spiro atoms. The highest BCUT2D eigenvalue weighted by molar-refractivity contribution is 6.30. The summed E-state index contributed by atoms with van der Waals surface area (Å²) in [5.41, 5.74) is 1.88. The lowest BCUT2D eigenvalue weighted by Crippen LogP contribution is -2.51. The summed E-state index contributed by atoms with van der Waals surface area (Å²) in [6.45, 7) is 2.62. The molecule has 0 radical (unpaired) electrons. The molecule has 1 saturated carbocycles. The minimum Gasteiger partial charge on any atom is -0.445 e. The number of ether oxygens (including phenoxy) is 1. The molecular weight excluding hydrogens is 542 g/mol. The van der Waals surface area contributed by atoms with Crippen molar-refractivity contribution in [3.8, 4) is 0 Å². The molecule has 0 aliphatic heterocycles. The number of likely N-dealkylation sites (N-methyl/N-ethyl adjacent to an activating group) is 1. The zero-order chi connectivity index (χ0) is 29.6. The first-order valence-electron chi connectivity index (χ1n) is 14.5. The van der Waals surface area contributed by atoms with E-state index in [1.807, 2.05) is 30.3 Å². The van der Waals surface area contributed by atoms with E-state index in [1.165, 1.54) is 6.42 Å². The SMILES string of the molecule is CC(CN(C)C(=O)CCC(C=O)NC(=O)C(CC1CCCCC1)NC(=O)OCc1cccc(Cl)c1)c1ccccc1. The fourth-order valence-corrected chi connectivity index (χ4v) is 5.49. The van der Waals surface area contributed by atoms with Gasteiger partial charge >= 0.3 is 6.09 Å². The number of hydrogen-bond acceptors (Lipinski definition) is 5. The van der Waals surface area contributed by atoms with Crippen molar-refractivity contribution in [3.05, 3.63) is 70.7 Å². The number of alkyl carbamates (subject to hydrolysis) is 1. The summed E-state index contributed by atoms with van der Waals surface area (Å²) >= 11 is 6.01. The van der Waals surface area contributed by atoms with Crippen LogP contribution in [0.5, 0.6) is 0 Å².